The third-order valence-electron chi connectivity index (χ3n) is 5.98. The molecule has 0 saturated carbocycles. The highest BCUT2D eigenvalue weighted by atomic mass is 32.2. The summed E-state index contributed by atoms with van der Waals surface area (Å²) in [5, 5.41) is 4.12. The average Bonchev–Trinajstić information content (AvgIpc) is 3.59. The van der Waals surface area contributed by atoms with Gasteiger partial charge in [0.15, 0.2) is 0 Å². The van der Waals surface area contributed by atoms with E-state index >= 15 is 0 Å². The molecule has 6 nitrogen and oxygen atoms in total. The number of amides is 1. The molecule has 0 spiro atoms. The van der Waals surface area contributed by atoms with Crippen LogP contribution in [0.15, 0.2) is 58.1 Å². The van der Waals surface area contributed by atoms with Crippen molar-refractivity contribution in [1.29, 1.82) is 0 Å². The predicted molar refractivity (Wildman–Crippen MR) is 126 cm³/mol. The molecule has 1 saturated heterocycles. The van der Waals surface area contributed by atoms with Crippen molar-refractivity contribution in [2.75, 3.05) is 19.7 Å². The van der Waals surface area contributed by atoms with Gasteiger partial charge in [0, 0.05) is 35.0 Å². The number of nitrogens with zero attached hydrogens (tertiary/aromatic N) is 1. The van der Waals surface area contributed by atoms with E-state index in [0.29, 0.717) is 18.7 Å². The van der Waals surface area contributed by atoms with E-state index in [-0.39, 0.29) is 29.5 Å². The number of rotatable bonds is 6. The van der Waals surface area contributed by atoms with Gasteiger partial charge in [-0.15, -0.1) is 22.7 Å². The molecule has 168 valence electrons. The number of hydrogen-bond acceptors (Lipinski definition) is 6. The second-order valence-corrected chi connectivity index (χ2v) is 11.7. The molecule has 2 atom stereocenters. The van der Waals surface area contributed by atoms with Crippen LogP contribution in [0.25, 0.3) is 0 Å². The summed E-state index contributed by atoms with van der Waals surface area (Å²) in [5.41, 5.74) is 1.68. The van der Waals surface area contributed by atoms with Gasteiger partial charge in [0.05, 0.1) is 17.0 Å². The van der Waals surface area contributed by atoms with E-state index in [2.05, 4.69) is 22.2 Å². The minimum Gasteiger partial charge on any atom is -0.377 e. The zero-order chi connectivity index (χ0) is 22.1. The molecule has 1 fully saturated rings. The largest absolute Gasteiger partial charge is 0.377 e. The highest BCUT2D eigenvalue weighted by Crippen LogP contribution is 2.40. The van der Waals surface area contributed by atoms with E-state index in [1.807, 2.05) is 16.3 Å². The number of hydrogen-bond donors (Lipinski definition) is 1. The molecule has 9 heteroatoms. The third kappa shape index (κ3) is 4.27. The highest BCUT2D eigenvalue weighted by molar-refractivity contribution is 7.89. The van der Waals surface area contributed by atoms with Crippen LogP contribution in [0.1, 0.15) is 44.6 Å². The Morgan fingerprint density at radius 2 is 1.97 bits per heavy atom. The molecule has 2 aliphatic rings. The Kier molecular flexibility index (Phi) is 6.18. The van der Waals surface area contributed by atoms with E-state index in [1.165, 1.54) is 22.6 Å². The summed E-state index contributed by atoms with van der Waals surface area (Å²) in [6.45, 7) is 1.58. The lowest BCUT2D eigenvalue weighted by Gasteiger charge is -2.35. The smallest absolute Gasteiger partial charge is 0.254 e. The van der Waals surface area contributed by atoms with Gasteiger partial charge in [-0.1, -0.05) is 6.07 Å². The van der Waals surface area contributed by atoms with Crippen LogP contribution in [0.3, 0.4) is 0 Å². The standard InChI is InChI=1S/C23H24N2O4S3/c26-23(25-11-9-20-19(10-14-31-20)22(25)21-4-2-13-30-21)16-5-7-18(8-6-16)32(27,28)24-15-17-3-1-12-29-17/h2,4-8,10,13-14,17,22,24H,1,3,9,11-12,15H2. The number of thiophene rings is 2. The van der Waals surface area contributed by atoms with Crippen molar-refractivity contribution in [1.82, 2.24) is 9.62 Å². The van der Waals surface area contributed by atoms with Gasteiger partial charge in [0.1, 0.15) is 0 Å². The topological polar surface area (TPSA) is 75.7 Å². The number of nitrogens with one attached hydrogen (secondary N) is 1. The van der Waals surface area contributed by atoms with Crippen LogP contribution in [-0.4, -0.2) is 45.0 Å². The van der Waals surface area contributed by atoms with Gasteiger partial charge < -0.3 is 9.64 Å². The Labute approximate surface area is 195 Å². The maximum Gasteiger partial charge on any atom is 0.254 e. The summed E-state index contributed by atoms with van der Waals surface area (Å²) in [7, 11) is -3.65. The molecular formula is C23H24N2O4S3. The lowest BCUT2D eigenvalue weighted by atomic mass is 9.97. The van der Waals surface area contributed by atoms with Gasteiger partial charge in [-0.2, -0.15) is 0 Å². The predicted octanol–water partition coefficient (Wildman–Crippen LogP) is 4.05. The number of fused-ring (bicyclic) bond motifs is 1. The summed E-state index contributed by atoms with van der Waals surface area (Å²) in [6.07, 6.45) is 2.59. The van der Waals surface area contributed by atoms with Crippen molar-refractivity contribution in [2.24, 2.45) is 0 Å². The van der Waals surface area contributed by atoms with Gasteiger partial charge >= 0.3 is 0 Å². The second kappa shape index (κ2) is 9.07. The van der Waals surface area contributed by atoms with Gasteiger partial charge in [-0.05, 0) is 72.0 Å². The van der Waals surface area contributed by atoms with Crippen molar-refractivity contribution >= 4 is 38.6 Å². The summed E-state index contributed by atoms with van der Waals surface area (Å²) in [5.74, 6) is -0.0866. The lowest BCUT2D eigenvalue weighted by molar-refractivity contribution is 0.0698. The highest BCUT2D eigenvalue weighted by Gasteiger charge is 2.34. The van der Waals surface area contributed by atoms with E-state index in [0.717, 1.165) is 24.1 Å². The summed E-state index contributed by atoms with van der Waals surface area (Å²) in [4.78, 5) is 18.0. The van der Waals surface area contributed by atoms with Gasteiger partial charge in [-0.25, -0.2) is 13.1 Å². The third-order valence-corrected chi connectivity index (χ3v) is 9.34. The fraction of sp³-hybridized carbons (Fsp3) is 0.348. The molecule has 1 amide bonds. The summed E-state index contributed by atoms with van der Waals surface area (Å²) < 4.78 is 33.4. The van der Waals surface area contributed by atoms with Crippen LogP contribution in [0.2, 0.25) is 0 Å². The van der Waals surface area contributed by atoms with Crippen molar-refractivity contribution in [3.05, 3.63) is 74.1 Å². The maximum atomic E-state index is 13.5. The molecule has 3 aromatic rings. The molecule has 0 radical (unpaired) electrons. The minimum atomic E-state index is -3.65. The summed E-state index contributed by atoms with van der Waals surface area (Å²) in [6, 6.07) is 12.3. The first kappa shape index (κ1) is 21.8. The second-order valence-electron chi connectivity index (χ2n) is 7.98. The Bertz CT molecular complexity index is 1180. The average molecular weight is 489 g/mol. The van der Waals surface area contributed by atoms with Gasteiger partial charge in [0.2, 0.25) is 10.0 Å². The number of benzene rings is 1. The van der Waals surface area contributed by atoms with Crippen LogP contribution < -0.4 is 4.72 Å². The van der Waals surface area contributed by atoms with Crippen LogP contribution in [0.5, 0.6) is 0 Å². The lowest BCUT2D eigenvalue weighted by Crippen LogP contribution is -2.39. The number of carbonyl (C=O) groups excluding carboxylic acids is 1. The minimum absolute atomic E-state index is 0.0686. The number of sulfonamides is 1. The van der Waals surface area contributed by atoms with Crippen molar-refractivity contribution < 1.29 is 17.9 Å². The van der Waals surface area contributed by atoms with Gasteiger partial charge in [0.25, 0.3) is 5.91 Å². The Balaban J connectivity index is 1.35. The van der Waals surface area contributed by atoms with E-state index in [4.69, 9.17) is 4.74 Å². The Morgan fingerprint density at radius 1 is 1.12 bits per heavy atom. The molecule has 0 aliphatic carbocycles. The Morgan fingerprint density at radius 3 is 2.69 bits per heavy atom. The first-order valence-electron chi connectivity index (χ1n) is 10.6. The maximum absolute atomic E-state index is 13.5. The fourth-order valence-corrected chi connectivity index (χ4v) is 7.15. The first-order valence-corrected chi connectivity index (χ1v) is 13.9. The fourth-order valence-electron chi connectivity index (χ4n) is 4.32. The zero-order valence-electron chi connectivity index (χ0n) is 17.4. The SMILES string of the molecule is O=C(c1ccc(S(=O)(=O)NCC2CCCO2)cc1)N1CCc2sccc2C1c1cccs1. The molecule has 1 N–H and O–H groups in total. The molecule has 2 unspecified atom stereocenters. The zero-order valence-corrected chi connectivity index (χ0v) is 19.8. The molecule has 2 aliphatic heterocycles. The van der Waals surface area contributed by atoms with Crippen LogP contribution in [-0.2, 0) is 21.2 Å². The van der Waals surface area contributed by atoms with Crippen molar-refractivity contribution in [3.63, 3.8) is 0 Å². The van der Waals surface area contributed by atoms with Crippen LogP contribution in [0, 0.1) is 0 Å². The number of ether oxygens (including phenoxy) is 1. The monoisotopic (exact) mass is 488 g/mol. The quantitative estimate of drug-likeness (QED) is 0.568. The Hall–Kier alpha value is -2.04. The molecule has 1 aromatic carbocycles. The van der Waals surface area contributed by atoms with Gasteiger partial charge in [-0.3, -0.25) is 4.79 Å². The summed E-state index contributed by atoms with van der Waals surface area (Å²) >= 11 is 3.39. The first-order chi connectivity index (χ1) is 15.5. The molecule has 2 aromatic heterocycles. The van der Waals surface area contributed by atoms with E-state index in [1.54, 1.807) is 34.8 Å². The molecular weight excluding hydrogens is 464 g/mol. The normalized spacial score (nSPS) is 20.9. The molecule has 0 bridgehead atoms. The van der Waals surface area contributed by atoms with Crippen molar-refractivity contribution in [2.45, 2.75) is 36.3 Å². The van der Waals surface area contributed by atoms with Crippen LogP contribution >= 0.6 is 22.7 Å². The number of carbonyl (C=O) groups is 1. The molecule has 4 heterocycles. The van der Waals surface area contributed by atoms with E-state index < -0.39 is 10.0 Å². The molecule has 5 rings (SSSR count). The van der Waals surface area contributed by atoms with Crippen molar-refractivity contribution in [3.8, 4) is 0 Å². The van der Waals surface area contributed by atoms with Crippen LogP contribution in [0.4, 0.5) is 0 Å². The molecule has 32 heavy (non-hydrogen) atoms. The van der Waals surface area contributed by atoms with E-state index in [9.17, 15) is 13.2 Å².